The number of rotatable bonds is 6. The van der Waals surface area contributed by atoms with E-state index in [-0.39, 0.29) is 0 Å². The van der Waals surface area contributed by atoms with Crippen LogP contribution in [0, 0.1) is 6.92 Å². The molecule has 3 aliphatic rings. The molecular weight excluding hydrogens is 440 g/mol. The Morgan fingerprint density at radius 1 is 0.829 bits per heavy atom. The molecule has 5 rings (SSSR count). The van der Waals surface area contributed by atoms with Crippen LogP contribution in [0.1, 0.15) is 31.3 Å². The number of nitrogens with zero attached hydrogens (tertiary/aromatic N) is 9. The number of allylic oxidation sites excluding steroid dienone is 4. The molecule has 0 amide bonds. The number of aryl methyl sites for hydroxylation is 2. The predicted molar refractivity (Wildman–Crippen MR) is 139 cm³/mol. The molecule has 0 radical (unpaired) electrons. The molecule has 10 heteroatoms. The standard InChI is InChI=1S/C25H36N10/c1-4-21-27-24(31-25(28-21)35-12-10-32(3)11-13-35)30-23-26-19(2)18-22(29-23)34-16-14-33(15-17-34)20-8-6-5-7-9-20/h5-6,8,18H,4,7,9-17H2,1-3H3,(H,26,27,28,29,30,31). The van der Waals surface area contributed by atoms with Gasteiger partial charge in [-0.05, 0) is 32.9 Å². The predicted octanol–water partition coefficient (Wildman–Crippen LogP) is 2.38. The minimum absolute atomic E-state index is 0.504. The van der Waals surface area contributed by atoms with Crippen molar-refractivity contribution in [2.24, 2.45) is 0 Å². The molecule has 0 saturated carbocycles. The quantitative estimate of drug-likeness (QED) is 0.670. The zero-order chi connectivity index (χ0) is 24.2. The molecule has 2 aliphatic heterocycles. The van der Waals surface area contributed by atoms with Gasteiger partial charge in [0.05, 0.1) is 0 Å². The fourth-order valence-electron chi connectivity index (χ4n) is 4.72. The summed E-state index contributed by atoms with van der Waals surface area (Å²) >= 11 is 0. The Kier molecular flexibility index (Phi) is 7.08. The van der Waals surface area contributed by atoms with Crippen molar-refractivity contribution >= 4 is 23.7 Å². The largest absolute Gasteiger partial charge is 0.371 e. The number of anilines is 4. The Labute approximate surface area is 207 Å². The Balaban J connectivity index is 1.30. The molecule has 2 saturated heterocycles. The van der Waals surface area contributed by atoms with E-state index in [2.05, 4.69) is 78.1 Å². The summed E-state index contributed by atoms with van der Waals surface area (Å²) in [5, 5.41) is 3.27. The molecule has 1 aliphatic carbocycles. The van der Waals surface area contributed by atoms with Gasteiger partial charge in [-0.3, -0.25) is 5.32 Å². The molecule has 0 spiro atoms. The zero-order valence-electron chi connectivity index (χ0n) is 21.1. The van der Waals surface area contributed by atoms with Crippen LogP contribution in [0.5, 0.6) is 0 Å². The van der Waals surface area contributed by atoms with Crippen LogP contribution < -0.4 is 15.1 Å². The van der Waals surface area contributed by atoms with E-state index in [9.17, 15) is 0 Å². The SMILES string of the molecule is CCc1nc(Nc2nc(C)cc(N3CCN(C4=CC=CCC4)CC3)n2)nc(N2CCN(C)CC2)n1. The molecule has 4 heterocycles. The minimum Gasteiger partial charge on any atom is -0.371 e. The lowest BCUT2D eigenvalue weighted by molar-refractivity contribution is 0.310. The summed E-state index contributed by atoms with van der Waals surface area (Å²) in [7, 11) is 2.15. The summed E-state index contributed by atoms with van der Waals surface area (Å²) in [5.41, 5.74) is 2.37. The molecule has 186 valence electrons. The van der Waals surface area contributed by atoms with Gasteiger partial charge in [-0.2, -0.15) is 19.9 Å². The van der Waals surface area contributed by atoms with E-state index in [1.165, 1.54) is 5.70 Å². The lowest BCUT2D eigenvalue weighted by atomic mass is 10.1. The number of hydrogen-bond acceptors (Lipinski definition) is 10. The molecular formula is C25H36N10. The van der Waals surface area contributed by atoms with Crippen molar-refractivity contribution in [2.75, 3.05) is 74.5 Å². The monoisotopic (exact) mass is 476 g/mol. The Morgan fingerprint density at radius 2 is 1.54 bits per heavy atom. The normalized spacial score (nSPS) is 19.2. The summed E-state index contributed by atoms with van der Waals surface area (Å²) in [5.74, 6) is 3.47. The second kappa shape index (κ2) is 10.6. The molecule has 2 fully saturated rings. The fourth-order valence-corrected chi connectivity index (χ4v) is 4.72. The van der Waals surface area contributed by atoms with Gasteiger partial charge in [0.25, 0.3) is 0 Å². The first kappa shape index (κ1) is 23.5. The van der Waals surface area contributed by atoms with Gasteiger partial charge in [-0.1, -0.05) is 19.1 Å². The molecule has 1 N–H and O–H groups in total. The van der Waals surface area contributed by atoms with Crippen molar-refractivity contribution in [3.8, 4) is 0 Å². The lowest BCUT2D eigenvalue weighted by Crippen LogP contribution is -2.46. The van der Waals surface area contributed by atoms with E-state index < -0.39 is 0 Å². The number of hydrogen-bond donors (Lipinski definition) is 1. The zero-order valence-corrected chi connectivity index (χ0v) is 21.1. The van der Waals surface area contributed by atoms with Crippen molar-refractivity contribution in [3.05, 3.63) is 41.5 Å². The van der Waals surface area contributed by atoms with Crippen molar-refractivity contribution in [1.29, 1.82) is 0 Å². The average Bonchev–Trinajstić information content (AvgIpc) is 2.89. The third kappa shape index (κ3) is 5.70. The summed E-state index contributed by atoms with van der Waals surface area (Å²) in [6.45, 7) is 11.8. The Hall–Kier alpha value is -3.27. The number of likely N-dealkylation sites (N-methyl/N-ethyl adjacent to an activating group) is 1. The van der Waals surface area contributed by atoms with Crippen molar-refractivity contribution in [3.63, 3.8) is 0 Å². The molecule has 35 heavy (non-hydrogen) atoms. The van der Waals surface area contributed by atoms with Crippen molar-refractivity contribution < 1.29 is 0 Å². The van der Waals surface area contributed by atoms with E-state index in [1.807, 2.05) is 6.92 Å². The van der Waals surface area contributed by atoms with Gasteiger partial charge < -0.3 is 19.6 Å². The van der Waals surface area contributed by atoms with Crippen LogP contribution in [0.3, 0.4) is 0 Å². The highest BCUT2D eigenvalue weighted by molar-refractivity contribution is 5.51. The molecule has 0 unspecified atom stereocenters. The number of aromatic nitrogens is 5. The van der Waals surface area contributed by atoms with E-state index in [4.69, 9.17) is 9.97 Å². The third-order valence-electron chi connectivity index (χ3n) is 6.84. The van der Waals surface area contributed by atoms with Gasteiger partial charge in [0, 0.05) is 76.2 Å². The summed E-state index contributed by atoms with van der Waals surface area (Å²) in [6.07, 6.45) is 9.69. The third-order valence-corrected chi connectivity index (χ3v) is 6.84. The van der Waals surface area contributed by atoms with Crippen molar-refractivity contribution in [1.82, 2.24) is 34.7 Å². The summed E-state index contributed by atoms with van der Waals surface area (Å²) in [6, 6.07) is 2.06. The smallest absolute Gasteiger partial charge is 0.234 e. The second-order valence-corrected chi connectivity index (χ2v) is 9.43. The lowest BCUT2D eigenvalue weighted by Gasteiger charge is -2.38. The highest BCUT2D eigenvalue weighted by Gasteiger charge is 2.22. The van der Waals surface area contributed by atoms with Crippen LogP contribution in [-0.2, 0) is 6.42 Å². The highest BCUT2D eigenvalue weighted by atomic mass is 15.4. The first-order valence-electron chi connectivity index (χ1n) is 12.7. The summed E-state index contributed by atoms with van der Waals surface area (Å²) < 4.78 is 0. The molecule has 10 nitrogen and oxygen atoms in total. The van der Waals surface area contributed by atoms with Crippen LogP contribution in [0.4, 0.5) is 23.7 Å². The maximum Gasteiger partial charge on any atom is 0.234 e. The van der Waals surface area contributed by atoms with Crippen LogP contribution >= 0.6 is 0 Å². The maximum atomic E-state index is 4.84. The number of nitrogens with one attached hydrogen (secondary N) is 1. The number of piperazine rings is 2. The first-order valence-corrected chi connectivity index (χ1v) is 12.7. The maximum absolute atomic E-state index is 4.84. The van der Waals surface area contributed by atoms with Gasteiger partial charge in [-0.25, -0.2) is 4.98 Å². The average molecular weight is 477 g/mol. The van der Waals surface area contributed by atoms with E-state index in [0.29, 0.717) is 11.9 Å². The van der Waals surface area contributed by atoms with Gasteiger partial charge in [0.2, 0.25) is 17.8 Å². The van der Waals surface area contributed by atoms with Crippen LogP contribution in [0.15, 0.2) is 30.0 Å². The summed E-state index contributed by atoms with van der Waals surface area (Å²) in [4.78, 5) is 32.9. The van der Waals surface area contributed by atoms with Gasteiger partial charge in [0.15, 0.2) is 0 Å². The second-order valence-electron chi connectivity index (χ2n) is 9.43. The van der Waals surface area contributed by atoms with E-state index in [0.717, 1.165) is 94.9 Å². The first-order chi connectivity index (χ1) is 17.1. The van der Waals surface area contributed by atoms with Crippen LogP contribution in [0.2, 0.25) is 0 Å². The topological polar surface area (TPSA) is 89.4 Å². The van der Waals surface area contributed by atoms with Gasteiger partial charge in [-0.15, -0.1) is 0 Å². The molecule has 2 aromatic rings. The minimum atomic E-state index is 0.504. The molecule has 0 aromatic carbocycles. The fraction of sp³-hybridized carbons (Fsp3) is 0.560. The van der Waals surface area contributed by atoms with E-state index >= 15 is 0 Å². The Morgan fingerprint density at radius 3 is 2.26 bits per heavy atom. The van der Waals surface area contributed by atoms with Gasteiger partial charge in [0.1, 0.15) is 11.6 Å². The molecule has 0 atom stereocenters. The molecule has 0 bridgehead atoms. The van der Waals surface area contributed by atoms with Crippen LogP contribution in [0.25, 0.3) is 0 Å². The van der Waals surface area contributed by atoms with Crippen LogP contribution in [-0.4, -0.2) is 94.1 Å². The van der Waals surface area contributed by atoms with Gasteiger partial charge >= 0.3 is 0 Å². The Bertz CT molecular complexity index is 1080. The molecule has 2 aromatic heterocycles. The van der Waals surface area contributed by atoms with Crippen molar-refractivity contribution in [2.45, 2.75) is 33.1 Å². The van der Waals surface area contributed by atoms with E-state index in [1.54, 1.807) is 0 Å². The highest BCUT2D eigenvalue weighted by Crippen LogP contribution is 2.23.